The van der Waals surface area contributed by atoms with Crippen LogP contribution in [-0.2, 0) is 0 Å². The zero-order valence-corrected chi connectivity index (χ0v) is 10.9. The van der Waals surface area contributed by atoms with E-state index in [1.54, 1.807) is 0 Å². The van der Waals surface area contributed by atoms with Gasteiger partial charge in [-0.25, -0.2) is 0 Å². The molecule has 90 valence electrons. The third-order valence-electron chi connectivity index (χ3n) is 2.62. The lowest BCUT2D eigenvalue weighted by molar-refractivity contribution is 0.689. The van der Waals surface area contributed by atoms with Crippen LogP contribution in [-0.4, -0.2) is 12.6 Å². The van der Waals surface area contributed by atoms with Gasteiger partial charge >= 0.3 is 0 Å². The second-order valence-electron chi connectivity index (χ2n) is 4.81. The molecule has 0 aliphatic rings. The smallest absolute Gasteiger partial charge is 0.0343 e. The zero-order valence-electron chi connectivity index (χ0n) is 10.9. The predicted molar refractivity (Wildman–Crippen MR) is 73.1 cm³/mol. The average molecular weight is 220 g/mol. The highest BCUT2D eigenvalue weighted by atomic mass is 14.9. The summed E-state index contributed by atoms with van der Waals surface area (Å²) in [7, 11) is 0. The molecule has 0 radical (unpaired) electrons. The van der Waals surface area contributed by atoms with E-state index in [9.17, 15) is 0 Å². The van der Waals surface area contributed by atoms with Gasteiger partial charge in [0.15, 0.2) is 0 Å². The maximum absolute atomic E-state index is 3.46. The van der Waals surface area contributed by atoms with Crippen LogP contribution in [0.2, 0.25) is 0 Å². The van der Waals surface area contributed by atoms with Crippen LogP contribution in [0.1, 0.15) is 34.1 Å². The minimum Gasteiger partial charge on any atom is -0.385 e. The fourth-order valence-corrected chi connectivity index (χ4v) is 1.39. The fourth-order valence-electron chi connectivity index (χ4n) is 1.39. The van der Waals surface area contributed by atoms with E-state index in [1.807, 2.05) is 0 Å². The standard InChI is InChI=1S/C14H24N2/c1-5-12(4)16-14-8-6-13(7-9-14)15-10-11(2)3/h6-9,11-12,15-16H,5,10H2,1-4H3. The molecule has 0 spiro atoms. The van der Waals surface area contributed by atoms with E-state index >= 15 is 0 Å². The summed E-state index contributed by atoms with van der Waals surface area (Å²) in [5.74, 6) is 0.679. The van der Waals surface area contributed by atoms with Crippen molar-refractivity contribution in [3.8, 4) is 0 Å². The Bertz CT molecular complexity index is 290. The van der Waals surface area contributed by atoms with Crippen LogP contribution in [0.4, 0.5) is 11.4 Å². The van der Waals surface area contributed by atoms with Gasteiger partial charge in [0.1, 0.15) is 0 Å². The summed E-state index contributed by atoms with van der Waals surface area (Å²) in [6.07, 6.45) is 1.15. The zero-order chi connectivity index (χ0) is 12.0. The van der Waals surface area contributed by atoms with Crippen LogP contribution < -0.4 is 10.6 Å². The van der Waals surface area contributed by atoms with Crippen molar-refractivity contribution >= 4 is 11.4 Å². The Morgan fingerprint density at radius 1 is 1.00 bits per heavy atom. The molecular weight excluding hydrogens is 196 g/mol. The lowest BCUT2D eigenvalue weighted by Gasteiger charge is -2.14. The first kappa shape index (κ1) is 12.9. The number of rotatable bonds is 6. The van der Waals surface area contributed by atoms with Gasteiger partial charge in [0.05, 0.1) is 0 Å². The summed E-state index contributed by atoms with van der Waals surface area (Å²) < 4.78 is 0. The summed E-state index contributed by atoms with van der Waals surface area (Å²) in [5.41, 5.74) is 2.40. The Hall–Kier alpha value is -1.18. The van der Waals surface area contributed by atoms with Crippen LogP contribution in [0, 0.1) is 5.92 Å². The normalized spacial score (nSPS) is 12.6. The van der Waals surface area contributed by atoms with Crippen molar-refractivity contribution in [1.82, 2.24) is 0 Å². The van der Waals surface area contributed by atoms with E-state index in [1.165, 1.54) is 11.4 Å². The molecule has 2 heteroatoms. The van der Waals surface area contributed by atoms with Crippen LogP contribution in [0.25, 0.3) is 0 Å². The van der Waals surface area contributed by atoms with Crippen molar-refractivity contribution in [2.75, 3.05) is 17.2 Å². The third-order valence-corrected chi connectivity index (χ3v) is 2.62. The summed E-state index contributed by atoms with van der Waals surface area (Å²) >= 11 is 0. The van der Waals surface area contributed by atoms with Crippen molar-refractivity contribution in [2.24, 2.45) is 5.92 Å². The third kappa shape index (κ3) is 4.56. The average Bonchev–Trinajstić information content (AvgIpc) is 2.28. The van der Waals surface area contributed by atoms with E-state index < -0.39 is 0 Å². The minimum absolute atomic E-state index is 0.537. The second-order valence-corrected chi connectivity index (χ2v) is 4.81. The number of nitrogens with one attached hydrogen (secondary N) is 2. The topological polar surface area (TPSA) is 24.1 Å². The largest absolute Gasteiger partial charge is 0.385 e. The predicted octanol–water partition coefficient (Wildman–Crippen LogP) is 3.96. The Morgan fingerprint density at radius 3 is 2.06 bits per heavy atom. The SMILES string of the molecule is CCC(C)Nc1ccc(NCC(C)C)cc1. The first-order valence-electron chi connectivity index (χ1n) is 6.22. The van der Waals surface area contributed by atoms with Crippen molar-refractivity contribution in [2.45, 2.75) is 40.2 Å². The van der Waals surface area contributed by atoms with Gasteiger partial charge < -0.3 is 10.6 Å². The van der Waals surface area contributed by atoms with Gasteiger partial charge in [0.25, 0.3) is 0 Å². The van der Waals surface area contributed by atoms with Crippen LogP contribution in [0.5, 0.6) is 0 Å². The first-order chi connectivity index (χ1) is 7.61. The van der Waals surface area contributed by atoms with Gasteiger partial charge in [-0.15, -0.1) is 0 Å². The Balaban J connectivity index is 2.47. The molecule has 0 aliphatic heterocycles. The van der Waals surface area contributed by atoms with Crippen LogP contribution >= 0.6 is 0 Å². The van der Waals surface area contributed by atoms with Gasteiger partial charge in [-0.1, -0.05) is 20.8 Å². The number of hydrogen-bond donors (Lipinski definition) is 2. The van der Waals surface area contributed by atoms with E-state index in [2.05, 4.69) is 62.6 Å². The van der Waals surface area contributed by atoms with Gasteiger partial charge in [-0.3, -0.25) is 0 Å². The Kier molecular flexibility index (Phi) is 5.17. The van der Waals surface area contributed by atoms with Crippen molar-refractivity contribution in [3.05, 3.63) is 24.3 Å². The van der Waals surface area contributed by atoms with Crippen LogP contribution in [0.3, 0.4) is 0 Å². The summed E-state index contributed by atoms with van der Waals surface area (Å²) in [5, 5.41) is 6.87. The van der Waals surface area contributed by atoms with Gasteiger partial charge in [0, 0.05) is 24.0 Å². The van der Waals surface area contributed by atoms with E-state index in [-0.39, 0.29) is 0 Å². The first-order valence-corrected chi connectivity index (χ1v) is 6.22. The van der Waals surface area contributed by atoms with Crippen molar-refractivity contribution < 1.29 is 0 Å². The lowest BCUT2D eigenvalue weighted by Crippen LogP contribution is -2.13. The molecule has 1 atom stereocenters. The Labute approximate surface area is 99.5 Å². The van der Waals surface area contributed by atoms with Gasteiger partial charge in [0.2, 0.25) is 0 Å². The monoisotopic (exact) mass is 220 g/mol. The number of benzene rings is 1. The molecule has 1 aromatic rings. The molecule has 0 saturated carbocycles. The molecule has 1 rings (SSSR count). The second kappa shape index (κ2) is 6.41. The maximum Gasteiger partial charge on any atom is 0.0343 e. The Morgan fingerprint density at radius 2 is 1.56 bits per heavy atom. The van der Waals surface area contributed by atoms with E-state index in [0.717, 1.165) is 13.0 Å². The molecule has 1 aromatic carbocycles. The summed E-state index contributed by atoms with van der Waals surface area (Å²) in [6.45, 7) is 9.84. The quantitative estimate of drug-likeness (QED) is 0.758. The maximum atomic E-state index is 3.46. The van der Waals surface area contributed by atoms with Gasteiger partial charge in [-0.05, 0) is 43.5 Å². The molecule has 0 heterocycles. The molecule has 0 amide bonds. The molecule has 1 unspecified atom stereocenters. The van der Waals surface area contributed by atoms with Crippen molar-refractivity contribution in [1.29, 1.82) is 0 Å². The molecule has 0 aromatic heterocycles. The number of hydrogen-bond acceptors (Lipinski definition) is 2. The molecule has 0 bridgehead atoms. The molecule has 2 nitrogen and oxygen atoms in total. The molecule has 0 saturated heterocycles. The lowest BCUT2D eigenvalue weighted by atomic mass is 10.2. The molecule has 2 N–H and O–H groups in total. The molecule has 16 heavy (non-hydrogen) atoms. The minimum atomic E-state index is 0.537. The summed E-state index contributed by atoms with van der Waals surface area (Å²) in [4.78, 5) is 0. The van der Waals surface area contributed by atoms with Gasteiger partial charge in [-0.2, -0.15) is 0 Å². The fraction of sp³-hybridized carbons (Fsp3) is 0.571. The van der Waals surface area contributed by atoms with E-state index in [0.29, 0.717) is 12.0 Å². The molecule has 0 fully saturated rings. The highest BCUT2D eigenvalue weighted by Gasteiger charge is 1.99. The number of anilines is 2. The highest BCUT2D eigenvalue weighted by Crippen LogP contribution is 2.15. The summed E-state index contributed by atoms with van der Waals surface area (Å²) in [6, 6.07) is 9.07. The van der Waals surface area contributed by atoms with Crippen LogP contribution in [0.15, 0.2) is 24.3 Å². The van der Waals surface area contributed by atoms with Crippen molar-refractivity contribution in [3.63, 3.8) is 0 Å². The highest BCUT2D eigenvalue weighted by molar-refractivity contribution is 5.53. The van der Waals surface area contributed by atoms with E-state index in [4.69, 9.17) is 0 Å². The molecular formula is C14H24N2. The molecule has 0 aliphatic carbocycles.